The standard InChI is InChI=1S/C21H24N4O3S/c1-4-5-8-11-25-21(28)15-10-7-6-9-14(15)17(24-25)19(27)23-20-16(18(22)26)12(2)13(3)29-20/h6-7,9-10H,4-5,8,11H2,1-3H3,(H2,22,26)(H,23,27). The number of thiophene rings is 1. The van der Waals surface area contributed by atoms with E-state index in [0.717, 1.165) is 29.7 Å². The maximum atomic E-state index is 13.1. The molecule has 2 heterocycles. The molecule has 0 aliphatic carbocycles. The Bertz CT molecular complexity index is 1150. The second kappa shape index (κ2) is 8.57. The molecule has 2 amide bonds. The Morgan fingerprint density at radius 3 is 2.52 bits per heavy atom. The zero-order valence-electron chi connectivity index (χ0n) is 16.7. The molecule has 0 bridgehead atoms. The average Bonchev–Trinajstić information content (AvgIpc) is 2.97. The number of unbranched alkanes of at least 4 members (excludes halogenated alkanes) is 2. The van der Waals surface area contributed by atoms with Gasteiger partial charge in [-0.3, -0.25) is 14.4 Å². The van der Waals surface area contributed by atoms with E-state index < -0.39 is 11.8 Å². The highest BCUT2D eigenvalue weighted by molar-refractivity contribution is 7.16. The molecule has 0 spiro atoms. The largest absolute Gasteiger partial charge is 0.365 e. The summed E-state index contributed by atoms with van der Waals surface area (Å²) in [4.78, 5) is 38.6. The monoisotopic (exact) mass is 412 g/mol. The SMILES string of the molecule is CCCCCn1nc(C(=O)Nc2sc(C)c(C)c2C(N)=O)c2ccccc2c1=O. The molecule has 0 aliphatic rings. The number of benzene rings is 1. The quantitative estimate of drug-likeness (QED) is 0.578. The number of aromatic nitrogens is 2. The van der Waals surface area contributed by atoms with E-state index in [4.69, 9.17) is 5.73 Å². The van der Waals surface area contributed by atoms with Gasteiger partial charge in [-0.25, -0.2) is 4.68 Å². The van der Waals surface area contributed by atoms with Crippen molar-refractivity contribution in [2.24, 2.45) is 5.73 Å². The number of hydrogen-bond donors (Lipinski definition) is 2. The third-order valence-corrected chi connectivity index (χ3v) is 6.04. The van der Waals surface area contributed by atoms with Crippen molar-refractivity contribution >= 4 is 38.9 Å². The number of anilines is 1. The first kappa shape index (κ1) is 20.7. The first-order valence-corrected chi connectivity index (χ1v) is 10.4. The molecule has 0 saturated heterocycles. The number of fused-ring (bicyclic) bond motifs is 1. The van der Waals surface area contributed by atoms with Crippen molar-refractivity contribution in [2.45, 2.75) is 46.6 Å². The van der Waals surface area contributed by atoms with Crippen LogP contribution in [0.15, 0.2) is 29.1 Å². The lowest BCUT2D eigenvalue weighted by atomic mass is 10.1. The van der Waals surface area contributed by atoms with Crippen molar-refractivity contribution < 1.29 is 9.59 Å². The van der Waals surface area contributed by atoms with Crippen LogP contribution in [0.1, 0.15) is 57.5 Å². The van der Waals surface area contributed by atoms with E-state index in [1.807, 2.05) is 6.92 Å². The molecule has 3 rings (SSSR count). The highest BCUT2D eigenvalue weighted by Crippen LogP contribution is 2.32. The number of aryl methyl sites for hydroxylation is 2. The molecule has 0 aliphatic heterocycles. The average molecular weight is 413 g/mol. The molecular weight excluding hydrogens is 388 g/mol. The van der Waals surface area contributed by atoms with E-state index in [1.54, 1.807) is 31.2 Å². The third-order valence-electron chi connectivity index (χ3n) is 4.92. The van der Waals surface area contributed by atoms with Crippen molar-refractivity contribution in [3.8, 4) is 0 Å². The molecule has 8 heteroatoms. The fourth-order valence-corrected chi connectivity index (χ4v) is 4.30. The molecule has 0 unspecified atom stereocenters. The van der Waals surface area contributed by atoms with Gasteiger partial charge in [-0.05, 0) is 31.9 Å². The molecule has 2 aromatic heterocycles. The van der Waals surface area contributed by atoms with Gasteiger partial charge in [0.1, 0.15) is 5.00 Å². The highest BCUT2D eigenvalue weighted by atomic mass is 32.1. The van der Waals surface area contributed by atoms with Gasteiger partial charge in [-0.2, -0.15) is 5.10 Å². The third kappa shape index (κ3) is 4.07. The molecule has 3 N–H and O–H groups in total. The van der Waals surface area contributed by atoms with Gasteiger partial charge >= 0.3 is 0 Å². The number of carbonyl (C=O) groups is 2. The number of amides is 2. The summed E-state index contributed by atoms with van der Waals surface area (Å²) in [5, 5.41) is 8.45. The van der Waals surface area contributed by atoms with Crippen LogP contribution in [-0.4, -0.2) is 21.6 Å². The summed E-state index contributed by atoms with van der Waals surface area (Å²) < 4.78 is 1.35. The Labute approximate surface area is 172 Å². The van der Waals surface area contributed by atoms with Crippen molar-refractivity contribution in [1.82, 2.24) is 9.78 Å². The molecule has 3 aromatic rings. The van der Waals surface area contributed by atoms with E-state index >= 15 is 0 Å². The lowest BCUT2D eigenvalue weighted by Crippen LogP contribution is -2.28. The van der Waals surface area contributed by atoms with Crippen LogP contribution in [0.25, 0.3) is 10.8 Å². The van der Waals surface area contributed by atoms with Gasteiger partial charge in [0, 0.05) is 16.8 Å². The number of rotatable bonds is 7. The van der Waals surface area contributed by atoms with Gasteiger partial charge in [-0.1, -0.05) is 38.0 Å². The molecule has 0 radical (unpaired) electrons. The Morgan fingerprint density at radius 1 is 1.17 bits per heavy atom. The number of primary amides is 1. The van der Waals surface area contributed by atoms with E-state index in [-0.39, 0.29) is 11.3 Å². The first-order chi connectivity index (χ1) is 13.8. The number of hydrogen-bond acceptors (Lipinski definition) is 5. The zero-order valence-corrected chi connectivity index (χ0v) is 17.6. The maximum Gasteiger partial charge on any atom is 0.277 e. The van der Waals surface area contributed by atoms with Crippen LogP contribution >= 0.6 is 11.3 Å². The number of nitrogens with one attached hydrogen (secondary N) is 1. The maximum absolute atomic E-state index is 13.1. The normalized spacial score (nSPS) is 11.0. The number of nitrogens with two attached hydrogens (primary N) is 1. The second-order valence-corrected chi connectivity index (χ2v) is 8.16. The van der Waals surface area contributed by atoms with Crippen molar-refractivity contribution in [3.05, 3.63) is 56.3 Å². The minimum Gasteiger partial charge on any atom is -0.365 e. The lowest BCUT2D eigenvalue weighted by Gasteiger charge is -2.11. The fourth-order valence-electron chi connectivity index (χ4n) is 3.24. The van der Waals surface area contributed by atoms with E-state index in [2.05, 4.69) is 17.3 Å². The number of nitrogens with zero attached hydrogens (tertiary/aromatic N) is 2. The molecule has 29 heavy (non-hydrogen) atoms. The molecule has 7 nitrogen and oxygen atoms in total. The summed E-state index contributed by atoms with van der Waals surface area (Å²) in [6.45, 7) is 6.19. The van der Waals surface area contributed by atoms with Gasteiger partial charge in [0.25, 0.3) is 17.4 Å². The summed E-state index contributed by atoms with van der Waals surface area (Å²) in [6.07, 6.45) is 2.79. The summed E-state index contributed by atoms with van der Waals surface area (Å²) in [5.74, 6) is -1.07. The Balaban J connectivity index is 2.06. The van der Waals surface area contributed by atoms with Crippen LogP contribution in [0.5, 0.6) is 0 Å². The molecular formula is C21H24N4O3S. The summed E-state index contributed by atoms with van der Waals surface area (Å²) in [6, 6.07) is 6.92. The highest BCUT2D eigenvalue weighted by Gasteiger charge is 2.22. The van der Waals surface area contributed by atoms with E-state index in [1.165, 1.54) is 16.0 Å². The van der Waals surface area contributed by atoms with Gasteiger partial charge in [0.2, 0.25) is 0 Å². The van der Waals surface area contributed by atoms with Gasteiger partial charge in [-0.15, -0.1) is 11.3 Å². The molecule has 0 atom stereocenters. The summed E-state index contributed by atoms with van der Waals surface area (Å²) in [5.41, 5.74) is 6.49. The predicted molar refractivity (Wildman–Crippen MR) is 116 cm³/mol. The lowest BCUT2D eigenvalue weighted by molar-refractivity contribution is 0.100. The minimum absolute atomic E-state index is 0.149. The van der Waals surface area contributed by atoms with Crippen molar-refractivity contribution in [1.29, 1.82) is 0 Å². The smallest absolute Gasteiger partial charge is 0.277 e. The van der Waals surface area contributed by atoms with Crippen molar-refractivity contribution in [2.75, 3.05) is 5.32 Å². The molecule has 1 aromatic carbocycles. The van der Waals surface area contributed by atoms with Crippen molar-refractivity contribution in [3.63, 3.8) is 0 Å². The zero-order chi connectivity index (χ0) is 21.1. The predicted octanol–water partition coefficient (Wildman–Crippen LogP) is 3.62. The molecule has 152 valence electrons. The van der Waals surface area contributed by atoms with Gasteiger partial charge in [0.05, 0.1) is 10.9 Å². The number of carbonyl (C=O) groups excluding carboxylic acids is 2. The fraction of sp³-hybridized carbons (Fsp3) is 0.333. The Morgan fingerprint density at radius 2 is 1.86 bits per heavy atom. The van der Waals surface area contributed by atoms with Gasteiger partial charge < -0.3 is 11.1 Å². The van der Waals surface area contributed by atoms with Crippen LogP contribution < -0.4 is 16.6 Å². The van der Waals surface area contributed by atoms with Crippen LogP contribution in [0.2, 0.25) is 0 Å². The minimum atomic E-state index is -0.593. The van der Waals surface area contributed by atoms with Crippen LogP contribution in [0.3, 0.4) is 0 Å². The van der Waals surface area contributed by atoms with Gasteiger partial charge in [0.15, 0.2) is 5.69 Å². The summed E-state index contributed by atoms with van der Waals surface area (Å²) >= 11 is 1.29. The second-order valence-electron chi connectivity index (χ2n) is 6.94. The summed E-state index contributed by atoms with van der Waals surface area (Å²) in [7, 11) is 0. The molecule has 0 fully saturated rings. The Kier molecular flexibility index (Phi) is 6.12. The van der Waals surface area contributed by atoms with E-state index in [0.29, 0.717) is 27.9 Å². The first-order valence-electron chi connectivity index (χ1n) is 9.56. The molecule has 0 saturated carbocycles. The topological polar surface area (TPSA) is 107 Å². The van der Waals surface area contributed by atoms with Crippen LogP contribution in [-0.2, 0) is 6.54 Å². The van der Waals surface area contributed by atoms with Crippen LogP contribution in [0.4, 0.5) is 5.00 Å². The van der Waals surface area contributed by atoms with Crippen LogP contribution in [0, 0.1) is 13.8 Å². The van der Waals surface area contributed by atoms with E-state index in [9.17, 15) is 14.4 Å². The Hall–Kier alpha value is -3.00.